The molecule has 1 N–H and O–H groups in total. The average molecular weight is 556 g/mol. The molecular weight excluding hydrogens is 530 g/mol. The summed E-state index contributed by atoms with van der Waals surface area (Å²) in [6.45, 7) is 0. The number of hydrogen-bond donors (Lipinski definition) is 1. The number of hydrogen-bond acceptors (Lipinski definition) is 4. The zero-order valence-corrected chi connectivity index (χ0v) is 23.1. The smallest absolute Gasteiger partial charge is 0.208 e. The van der Waals surface area contributed by atoms with E-state index in [1.807, 2.05) is 36.4 Å². The van der Waals surface area contributed by atoms with Crippen LogP contribution in [0.3, 0.4) is 0 Å². The van der Waals surface area contributed by atoms with Crippen molar-refractivity contribution in [1.82, 2.24) is 9.88 Å². The second-order valence-electron chi connectivity index (χ2n) is 10.8. The van der Waals surface area contributed by atoms with Crippen LogP contribution in [0.1, 0.15) is 17.2 Å². The molecule has 0 saturated heterocycles. The molecule has 5 nitrogen and oxygen atoms in total. The van der Waals surface area contributed by atoms with E-state index in [4.69, 9.17) is 14.5 Å². The van der Waals surface area contributed by atoms with E-state index >= 15 is 0 Å². The minimum absolute atomic E-state index is 0.173. The van der Waals surface area contributed by atoms with Crippen molar-refractivity contribution in [2.24, 2.45) is 4.99 Å². The summed E-state index contributed by atoms with van der Waals surface area (Å²) in [4.78, 5) is 5.30. The molecule has 204 valence electrons. The zero-order chi connectivity index (χ0) is 28.3. The van der Waals surface area contributed by atoms with Gasteiger partial charge in [0.15, 0.2) is 23.0 Å². The highest BCUT2D eigenvalue weighted by Gasteiger charge is 2.29. The van der Waals surface area contributed by atoms with Crippen LogP contribution in [0.2, 0.25) is 0 Å². The van der Waals surface area contributed by atoms with E-state index in [-0.39, 0.29) is 6.04 Å². The quantitative estimate of drug-likeness (QED) is 0.231. The third-order valence-corrected chi connectivity index (χ3v) is 8.29. The summed E-state index contributed by atoms with van der Waals surface area (Å²) in [7, 11) is 0. The number of para-hydroxylation sites is 1. The van der Waals surface area contributed by atoms with Crippen LogP contribution in [-0.2, 0) is 0 Å². The summed E-state index contributed by atoms with van der Waals surface area (Å²) in [6.07, 6.45) is 2.19. The Kier molecular flexibility index (Phi) is 5.19. The molecule has 0 spiro atoms. The number of fused-ring (bicyclic) bond motifs is 8. The van der Waals surface area contributed by atoms with Crippen molar-refractivity contribution in [2.75, 3.05) is 0 Å². The maximum absolute atomic E-state index is 6.74. The Morgan fingerprint density at radius 3 is 2.12 bits per heavy atom. The summed E-state index contributed by atoms with van der Waals surface area (Å²) in [5.74, 6) is 3.51. The highest BCUT2D eigenvalue weighted by Crippen LogP contribution is 2.52. The fourth-order valence-electron chi connectivity index (χ4n) is 6.28. The molecule has 2 aliphatic rings. The molecule has 0 saturated carbocycles. The van der Waals surface area contributed by atoms with Crippen LogP contribution in [0, 0.1) is 0 Å². The standard InChI is InChI=1S/C38H25N3O2/c1-3-12-25(13-4-1)30-23-31(26-14-5-2-6-15-26)40-38(39-30)41-32-18-10-9-17-28(32)29-20-22-34-37(35(29)41)43-33-21-19-24-11-7-8-16-27(24)36(33)42-34/h1-23,30H,(H,39,40). The lowest BCUT2D eigenvalue weighted by Crippen LogP contribution is -2.32. The molecule has 0 amide bonds. The SMILES string of the molecule is C1=C(c2ccccc2)NC(n2c3ccccc3c3ccc4c(c32)Oc2ccc3ccccc3c2O4)=NC1c1ccccc1. The van der Waals surface area contributed by atoms with Crippen molar-refractivity contribution < 1.29 is 9.47 Å². The number of nitrogens with one attached hydrogen (secondary N) is 1. The lowest BCUT2D eigenvalue weighted by atomic mass is 10.0. The Labute approximate surface area is 247 Å². The molecule has 9 rings (SSSR count). The van der Waals surface area contributed by atoms with Gasteiger partial charge in [-0.2, -0.15) is 0 Å². The second-order valence-corrected chi connectivity index (χ2v) is 10.8. The molecule has 1 unspecified atom stereocenters. The van der Waals surface area contributed by atoms with Gasteiger partial charge in [-0.15, -0.1) is 0 Å². The maximum Gasteiger partial charge on any atom is 0.208 e. The van der Waals surface area contributed by atoms with Crippen molar-refractivity contribution >= 4 is 44.2 Å². The topological polar surface area (TPSA) is 47.8 Å². The largest absolute Gasteiger partial charge is 0.449 e. The molecule has 43 heavy (non-hydrogen) atoms. The summed E-state index contributed by atoms with van der Waals surface area (Å²) < 4.78 is 15.5. The van der Waals surface area contributed by atoms with E-state index in [2.05, 4.69) is 113 Å². The van der Waals surface area contributed by atoms with Crippen LogP contribution >= 0.6 is 0 Å². The van der Waals surface area contributed by atoms with Crippen molar-refractivity contribution in [3.63, 3.8) is 0 Å². The highest BCUT2D eigenvalue weighted by atomic mass is 16.6. The molecule has 0 aliphatic carbocycles. The molecule has 1 atom stereocenters. The number of benzene rings is 6. The van der Waals surface area contributed by atoms with Gasteiger partial charge in [0.1, 0.15) is 5.52 Å². The zero-order valence-electron chi connectivity index (χ0n) is 23.1. The second kappa shape index (κ2) is 9.36. The average Bonchev–Trinajstić information content (AvgIpc) is 3.43. The Morgan fingerprint density at radius 2 is 1.26 bits per heavy atom. The monoisotopic (exact) mass is 555 g/mol. The van der Waals surface area contributed by atoms with Crippen LogP contribution in [0.5, 0.6) is 23.0 Å². The first-order valence-corrected chi connectivity index (χ1v) is 14.4. The number of rotatable bonds is 2. The van der Waals surface area contributed by atoms with Gasteiger partial charge < -0.3 is 14.8 Å². The molecule has 0 radical (unpaired) electrons. The Balaban J connectivity index is 1.28. The molecule has 2 aliphatic heterocycles. The van der Waals surface area contributed by atoms with Gasteiger partial charge in [0.25, 0.3) is 0 Å². The fourth-order valence-corrected chi connectivity index (χ4v) is 6.28. The number of aliphatic imine (C=N–C) groups is 1. The Hall–Kier alpha value is -5.81. The number of aromatic nitrogens is 1. The minimum Gasteiger partial charge on any atom is -0.449 e. The first-order valence-electron chi connectivity index (χ1n) is 14.4. The summed E-state index contributed by atoms with van der Waals surface area (Å²) in [5.41, 5.74) is 5.16. The first kappa shape index (κ1) is 23.9. The predicted molar refractivity (Wildman–Crippen MR) is 173 cm³/mol. The minimum atomic E-state index is -0.173. The van der Waals surface area contributed by atoms with E-state index < -0.39 is 0 Å². The van der Waals surface area contributed by atoms with E-state index in [0.29, 0.717) is 17.2 Å². The third-order valence-electron chi connectivity index (χ3n) is 8.29. The maximum atomic E-state index is 6.74. The van der Waals surface area contributed by atoms with Gasteiger partial charge in [-0.05, 0) is 46.9 Å². The molecule has 6 aromatic carbocycles. The summed E-state index contributed by atoms with van der Waals surface area (Å²) in [5, 5.41) is 8.00. The number of nitrogens with zero attached hydrogens (tertiary/aromatic N) is 2. The van der Waals surface area contributed by atoms with Crippen molar-refractivity contribution in [3.05, 3.63) is 151 Å². The fraction of sp³-hybridized carbons (Fsp3) is 0.0263. The van der Waals surface area contributed by atoms with Gasteiger partial charge in [-0.1, -0.05) is 109 Å². The molecule has 0 fully saturated rings. The van der Waals surface area contributed by atoms with Gasteiger partial charge in [0.2, 0.25) is 5.96 Å². The van der Waals surface area contributed by atoms with Gasteiger partial charge in [0.05, 0.1) is 11.6 Å². The van der Waals surface area contributed by atoms with Crippen LogP contribution in [0.25, 0.3) is 38.3 Å². The first-order chi connectivity index (χ1) is 21.3. The normalized spacial score (nSPS) is 15.6. The molecular formula is C38H25N3O2. The van der Waals surface area contributed by atoms with Crippen LogP contribution in [0.15, 0.2) is 145 Å². The van der Waals surface area contributed by atoms with E-state index in [1.54, 1.807) is 0 Å². The third kappa shape index (κ3) is 3.75. The Morgan fingerprint density at radius 1 is 0.581 bits per heavy atom. The molecule has 3 heterocycles. The highest BCUT2D eigenvalue weighted by molar-refractivity contribution is 6.17. The van der Waals surface area contributed by atoms with Gasteiger partial charge in [0, 0.05) is 21.9 Å². The van der Waals surface area contributed by atoms with E-state index in [9.17, 15) is 0 Å². The van der Waals surface area contributed by atoms with E-state index in [1.165, 1.54) is 0 Å². The van der Waals surface area contributed by atoms with Crippen LogP contribution < -0.4 is 14.8 Å². The number of ether oxygens (including phenoxy) is 2. The van der Waals surface area contributed by atoms with Crippen molar-refractivity contribution in [3.8, 4) is 23.0 Å². The summed E-state index contributed by atoms with van der Waals surface area (Å²) in [6, 6.07) is 45.5. The summed E-state index contributed by atoms with van der Waals surface area (Å²) >= 11 is 0. The van der Waals surface area contributed by atoms with Crippen molar-refractivity contribution in [2.45, 2.75) is 6.04 Å². The van der Waals surface area contributed by atoms with Gasteiger partial charge >= 0.3 is 0 Å². The molecule has 5 heteroatoms. The van der Waals surface area contributed by atoms with E-state index in [0.717, 1.165) is 61.1 Å². The lowest BCUT2D eigenvalue weighted by molar-refractivity contribution is 0.366. The Bertz CT molecular complexity index is 2270. The molecule has 1 aromatic heterocycles. The predicted octanol–water partition coefficient (Wildman–Crippen LogP) is 9.44. The van der Waals surface area contributed by atoms with Crippen LogP contribution in [-0.4, -0.2) is 10.5 Å². The van der Waals surface area contributed by atoms with Crippen LogP contribution in [0.4, 0.5) is 0 Å². The lowest BCUT2D eigenvalue weighted by Gasteiger charge is -2.26. The van der Waals surface area contributed by atoms with Crippen molar-refractivity contribution in [1.29, 1.82) is 0 Å². The van der Waals surface area contributed by atoms with Gasteiger partial charge in [-0.25, -0.2) is 4.99 Å². The molecule has 7 aromatic rings. The molecule has 0 bridgehead atoms. The van der Waals surface area contributed by atoms with Gasteiger partial charge in [-0.3, -0.25) is 4.57 Å².